The van der Waals surface area contributed by atoms with Gasteiger partial charge >= 0.3 is 0 Å². The van der Waals surface area contributed by atoms with Gasteiger partial charge in [-0.1, -0.05) is 0 Å². The molecule has 1 atom stereocenters. The maximum Gasteiger partial charge on any atom is 0.142 e. The second kappa shape index (κ2) is 3.08. The third kappa shape index (κ3) is 2.14. The van der Waals surface area contributed by atoms with E-state index in [0.717, 1.165) is 0 Å². The number of rotatable bonds is 2. The van der Waals surface area contributed by atoms with E-state index < -0.39 is 19.3 Å². The van der Waals surface area contributed by atoms with Crippen LogP contribution in [0, 0.1) is 0 Å². The molecule has 0 aromatic heterocycles. The van der Waals surface area contributed by atoms with Crippen LogP contribution in [0.2, 0.25) is 0 Å². The summed E-state index contributed by atoms with van der Waals surface area (Å²) in [4.78, 5) is 0. The van der Waals surface area contributed by atoms with Crippen molar-refractivity contribution in [3.63, 3.8) is 0 Å². The van der Waals surface area contributed by atoms with E-state index in [2.05, 4.69) is 0 Å². The maximum atomic E-state index is 9.70. The summed E-state index contributed by atoms with van der Waals surface area (Å²) in [6, 6.07) is 0. The van der Waals surface area contributed by atoms with Crippen molar-refractivity contribution in [2.75, 3.05) is 13.2 Å². The molecule has 0 spiro atoms. The molecule has 3 heteroatoms. The van der Waals surface area contributed by atoms with Crippen molar-refractivity contribution in [1.82, 2.24) is 0 Å². The van der Waals surface area contributed by atoms with Gasteiger partial charge in [-0.05, 0) is 0 Å². The Hall–Kier alpha value is -0.120. The SMILES string of the molecule is [O]CC([O])CO. The molecule has 0 aliphatic rings. The molecule has 0 aliphatic heterocycles. The highest BCUT2D eigenvalue weighted by atomic mass is 16.3. The fourth-order valence-electron chi connectivity index (χ4n) is 0.0527. The first-order valence-corrected chi connectivity index (χ1v) is 1.66. The first-order chi connectivity index (χ1) is 2.81. The standard InChI is InChI=1S/C3H6O3/c4-1-3(6)2-5/h3-4H,1-2H2. The van der Waals surface area contributed by atoms with Crippen LogP contribution in [-0.2, 0) is 10.2 Å². The van der Waals surface area contributed by atoms with E-state index in [1.54, 1.807) is 0 Å². The number of aliphatic hydroxyl groups is 1. The molecule has 3 nitrogen and oxygen atoms in total. The van der Waals surface area contributed by atoms with Crippen molar-refractivity contribution >= 4 is 0 Å². The van der Waals surface area contributed by atoms with Gasteiger partial charge in [-0.3, -0.25) is 0 Å². The Kier molecular flexibility index (Phi) is 3.02. The monoisotopic (exact) mass is 90.0 g/mol. The third-order valence-corrected chi connectivity index (χ3v) is 0.390. The maximum absolute atomic E-state index is 9.70. The van der Waals surface area contributed by atoms with Crippen molar-refractivity contribution in [3.8, 4) is 0 Å². The minimum Gasteiger partial charge on any atom is -0.393 e. The lowest BCUT2D eigenvalue weighted by molar-refractivity contribution is -0.0251. The first kappa shape index (κ1) is 5.88. The van der Waals surface area contributed by atoms with Crippen LogP contribution in [0.15, 0.2) is 0 Å². The van der Waals surface area contributed by atoms with Gasteiger partial charge in [-0.15, -0.1) is 0 Å². The van der Waals surface area contributed by atoms with Gasteiger partial charge in [0.15, 0.2) is 0 Å². The highest BCUT2D eigenvalue weighted by molar-refractivity contribution is 4.43. The number of hydrogen-bond acceptors (Lipinski definition) is 1. The minimum absolute atomic E-state index is 0.538. The molecule has 0 heterocycles. The van der Waals surface area contributed by atoms with Gasteiger partial charge in [0, 0.05) is 0 Å². The largest absolute Gasteiger partial charge is 0.393 e. The van der Waals surface area contributed by atoms with E-state index >= 15 is 0 Å². The topological polar surface area (TPSA) is 60.0 Å². The second-order valence-corrected chi connectivity index (χ2v) is 0.971. The van der Waals surface area contributed by atoms with Crippen molar-refractivity contribution in [2.45, 2.75) is 6.10 Å². The van der Waals surface area contributed by atoms with Crippen LogP contribution in [0.25, 0.3) is 0 Å². The van der Waals surface area contributed by atoms with Crippen molar-refractivity contribution in [2.24, 2.45) is 0 Å². The zero-order valence-corrected chi connectivity index (χ0v) is 3.26. The van der Waals surface area contributed by atoms with Crippen molar-refractivity contribution in [1.29, 1.82) is 0 Å². The van der Waals surface area contributed by atoms with E-state index in [-0.39, 0.29) is 0 Å². The molecule has 0 aromatic rings. The Morgan fingerprint density at radius 3 is 2.17 bits per heavy atom. The molecule has 0 fully saturated rings. The highest BCUT2D eigenvalue weighted by Gasteiger charge is 1.98. The average Bonchev–Trinajstić information content (AvgIpc) is 1.65. The van der Waals surface area contributed by atoms with Gasteiger partial charge in [0.25, 0.3) is 0 Å². The highest BCUT2D eigenvalue weighted by Crippen LogP contribution is 1.74. The molecule has 6 heavy (non-hydrogen) atoms. The summed E-state index contributed by atoms with van der Waals surface area (Å²) < 4.78 is 0. The van der Waals surface area contributed by atoms with Gasteiger partial charge in [0.1, 0.15) is 12.7 Å². The number of hydrogen-bond donors (Lipinski definition) is 1. The summed E-state index contributed by atoms with van der Waals surface area (Å²) >= 11 is 0. The van der Waals surface area contributed by atoms with Crippen LogP contribution in [0.5, 0.6) is 0 Å². The smallest absolute Gasteiger partial charge is 0.142 e. The minimum atomic E-state index is -1.31. The van der Waals surface area contributed by atoms with Crippen LogP contribution in [0.1, 0.15) is 0 Å². The van der Waals surface area contributed by atoms with Gasteiger partial charge in [-0.2, -0.15) is 0 Å². The molecule has 0 saturated heterocycles. The molecule has 2 radical (unpaired) electrons. The van der Waals surface area contributed by atoms with E-state index in [1.165, 1.54) is 0 Å². The Labute approximate surface area is 35.9 Å². The molecule has 0 rings (SSSR count). The summed E-state index contributed by atoms with van der Waals surface area (Å²) in [5.41, 5.74) is 0. The molecular formula is C3H6O3. The van der Waals surface area contributed by atoms with Crippen LogP contribution in [-0.4, -0.2) is 24.4 Å². The van der Waals surface area contributed by atoms with E-state index in [1.807, 2.05) is 0 Å². The first-order valence-electron chi connectivity index (χ1n) is 1.66. The molecule has 1 unspecified atom stereocenters. The van der Waals surface area contributed by atoms with Crippen LogP contribution < -0.4 is 0 Å². The Morgan fingerprint density at radius 1 is 1.67 bits per heavy atom. The molecule has 0 saturated carbocycles. The molecule has 36 valence electrons. The molecule has 0 aliphatic carbocycles. The Morgan fingerprint density at radius 2 is 2.17 bits per heavy atom. The summed E-state index contributed by atoms with van der Waals surface area (Å²) in [6.45, 7) is -1.26. The zero-order valence-electron chi connectivity index (χ0n) is 3.26. The van der Waals surface area contributed by atoms with Gasteiger partial charge in [-0.25, -0.2) is 10.2 Å². The van der Waals surface area contributed by atoms with E-state index in [0.29, 0.717) is 0 Å². The zero-order chi connectivity index (χ0) is 4.99. The van der Waals surface area contributed by atoms with E-state index in [4.69, 9.17) is 5.11 Å². The summed E-state index contributed by atoms with van der Waals surface area (Å²) in [6.07, 6.45) is -1.31. The van der Waals surface area contributed by atoms with Gasteiger partial charge in [0.2, 0.25) is 0 Å². The van der Waals surface area contributed by atoms with Crippen LogP contribution in [0.4, 0.5) is 0 Å². The van der Waals surface area contributed by atoms with E-state index in [9.17, 15) is 10.2 Å². The quantitative estimate of drug-likeness (QED) is 0.474. The van der Waals surface area contributed by atoms with Crippen LogP contribution >= 0.6 is 0 Å². The molecule has 0 aromatic carbocycles. The van der Waals surface area contributed by atoms with Crippen LogP contribution in [0.3, 0.4) is 0 Å². The predicted octanol–water partition coefficient (Wildman–Crippen LogP) is -0.792. The lowest BCUT2D eigenvalue weighted by Gasteiger charge is -1.91. The van der Waals surface area contributed by atoms with Gasteiger partial charge in [0.05, 0.1) is 6.61 Å². The predicted molar refractivity (Wildman–Crippen MR) is 17.1 cm³/mol. The summed E-state index contributed by atoms with van der Waals surface area (Å²) in [5, 5.41) is 26.9. The fourth-order valence-corrected chi connectivity index (χ4v) is 0.0527. The molecule has 1 N–H and O–H groups in total. The average molecular weight is 90.1 g/mol. The Bertz CT molecular complexity index is 25.2. The van der Waals surface area contributed by atoms with Gasteiger partial charge < -0.3 is 5.11 Å². The lowest BCUT2D eigenvalue weighted by atomic mass is 10.4. The molecular weight excluding hydrogens is 84.0 g/mol. The normalized spacial score (nSPS) is 10.0. The fraction of sp³-hybridized carbons (Fsp3) is 1.00. The molecule has 0 bridgehead atoms. The number of aliphatic hydroxyl groups excluding tert-OH is 1. The third-order valence-electron chi connectivity index (χ3n) is 0.390. The summed E-state index contributed by atoms with van der Waals surface area (Å²) in [5.74, 6) is 0. The summed E-state index contributed by atoms with van der Waals surface area (Å²) in [7, 11) is 0. The van der Waals surface area contributed by atoms with Crippen molar-refractivity contribution < 1.29 is 15.3 Å². The second-order valence-electron chi connectivity index (χ2n) is 0.971. The molecule has 0 amide bonds. The Balaban J connectivity index is 2.75. The van der Waals surface area contributed by atoms with Crippen molar-refractivity contribution in [3.05, 3.63) is 0 Å². The lowest BCUT2D eigenvalue weighted by Crippen LogP contribution is -2.13.